The summed E-state index contributed by atoms with van der Waals surface area (Å²) in [7, 11) is 0. The Labute approximate surface area is 120 Å². The summed E-state index contributed by atoms with van der Waals surface area (Å²) in [5.74, 6) is 0.119. The second kappa shape index (κ2) is 3.41. The SMILES string of the molecule is CC12CC3([C@H](N)C(=O)N4CCC4)CC(C)(C1)C(O)(C2)C3. The van der Waals surface area contributed by atoms with E-state index in [1.54, 1.807) is 0 Å². The van der Waals surface area contributed by atoms with Gasteiger partial charge in [0.15, 0.2) is 0 Å². The van der Waals surface area contributed by atoms with Crippen molar-refractivity contribution >= 4 is 5.91 Å². The van der Waals surface area contributed by atoms with Crippen LogP contribution in [0, 0.1) is 16.2 Å². The number of likely N-dealkylation sites (tertiary alicyclic amines) is 1. The van der Waals surface area contributed by atoms with E-state index in [9.17, 15) is 9.90 Å². The van der Waals surface area contributed by atoms with Crippen molar-refractivity contribution in [3.05, 3.63) is 0 Å². The average molecular weight is 278 g/mol. The molecule has 5 fully saturated rings. The van der Waals surface area contributed by atoms with Crippen LogP contribution in [0.2, 0.25) is 0 Å². The molecule has 1 amide bonds. The molecule has 4 saturated carbocycles. The third kappa shape index (κ3) is 1.37. The van der Waals surface area contributed by atoms with E-state index in [0.29, 0.717) is 0 Å². The monoisotopic (exact) mass is 278 g/mol. The third-order valence-electron chi connectivity index (χ3n) is 6.92. The van der Waals surface area contributed by atoms with Gasteiger partial charge in [-0.3, -0.25) is 4.79 Å². The van der Waals surface area contributed by atoms with Crippen LogP contribution in [-0.2, 0) is 4.79 Å². The van der Waals surface area contributed by atoms with Gasteiger partial charge in [0.2, 0.25) is 5.91 Å². The van der Waals surface area contributed by atoms with Gasteiger partial charge in [-0.05, 0) is 54.8 Å². The molecule has 3 N–H and O–H groups in total. The first kappa shape index (κ1) is 13.1. The smallest absolute Gasteiger partial charge is 0.240 e. The lowest BCUT2D eigenvalue weighted by Crippen LogP contribution is -2.59. The predicted octanol–water partition coefficient (Wildman–Crippen LogP) is 1.27. The topological polar surface area (TPSA) is 66.6 Å². The molecule has 5 aliphatic rings. The van der Waals surface area contributed by atoms with E-state index in [4.69, 9.17) is 5.73 Å². The maximum Gasteiger partial charge on any atom is 0.240 e. The van der Waals surface area contributed by atoms with E-state index < -0.39 is 11.6 Å². The highest BCUT2D eigenvalue weighted by Gasteiger charge is 2.74. The molecule has 1 aliphatic heterocycles. The minimum absolute atomic E-state index is 0.0349. The summed E-state index contributed by atoms with van der Waals surface area (Å²) in [4.78, 5) is 14.5. The maximum absolute atomic E-state index is 12.6. The van der Waals surface area contributed by atoms with Gasteiger partial charge >= 0.3 is 0 Å². The second-order valence-corrected chi connectivity index (χ2v) is 8.81. The lowest BCUT2D eigenvalue weighted by Gasteiger charge is -2.49. The van der Waals surface area contributed by atoms with E-state index in [0.717, 1.165) is 51.6 Å². The molecule has 0 spiro atoms. The van der Waals surface area contributed by atoms with Crippen LogP contribution >= 0.6 is 0 Å². The van der Waals surface area contributed by atoms with Crippen LogP contribution in [0.4, 0.5) is 0 Å². The van der Waals surface area contributed by atoms with Crippen LogP contribution in [0.1, 0.15) is 52.4 Å². The lowest BCUT2D eigenvalue weighted by molar-refractivity contribution is -0.141. The molecule has 1 heterocycles. The van der Waals surface area contributed by atoms with Gasteiger partial charge in [-0.2, -0.15) is 0 Å². The number of amides is 1. The molecule has 5 atom stereocenters. The molecule has 5 rings (SSSR count). The van der Waals surface area contributed by atoms with Crippen LogP contribution in [0.25, 0.3) is 0 Å². The number of nitrogens with zero attached hydrogens (tertiary/aromatic N) is 1. The Morgan fingerprint density at radius 1 is 1.15 bits per heavy atom. The number of rotatable bonds is 2. The van der Waals surface area contributed by atoms with E-state index in [-0.39, 0.29) is 22.2 Å². The quantitative estimate of drug-likeness (QED) is 0.799. The van der Waals surface area contributed by atoms with Crippen LogP contribution in [-0.4, -0.2) is 40.6 Å². The average Bonchev–Trinajstić information content (AvgIpc) is 2.46. The molecule has 4 bridgehead atoms. The van der Waals surface area contributed by atoms with Crippen molar-refractivity contribution in [1.82, 2.24) is 4.90 Å². The lowest BCUT2D eigenvalue weighted by atomic mass is 9.58. The van der Waals surface area contributed by atoms with Crippen molar-refractivity contribution in [2.45, 2.75) is 64.0 Å². The molecule has 4 unspecified atom stereocenters. The van der Waals surface area contributed by atoms with Crippen molar-refractivity contribution in [1.29, 1.82) is 0 Å². The summed E-state index contributed by atoms with van der Waals surface area (Å²) in [5.41, 5.74) is 5.81. The van der Waals surface area contributed by atoms with Crippen molar-refractivity contribution in [2.24, 2.45) is 22.0 Å². The van der Waals surface area contributed by atoms with Gasteiger partial charge in [-0.25, -0.2) is 0 Å². The third-order valence-corrected chi connectivity index (χ3v) is 6.92. The Hall–Kier alpha value is -0.610. The van der Waals surface area contributed by atoms with Gasteiger partial charge in [-0.1, -0.05) is 13.8 Å². The summed E-state index contributed by atoms with van der Waals surface area (Å²) in [6.45, 7) is 6.21. The summed E-state index contributed by atoms with van der Waals surface area (Å²) < 4.78 is 0. The minimum Gasteiger partial charge on any atom is -0.389 e. The van der Waals surface area contributed by atoms with Gasteiger partial charge < -0.3 is 15.7 Å². The summed E-state index contributed by atoms with van der Waals surface area (Å²) in [6, 6.07) is -0.420. The molecular weight excluding hydrogens is 252 g/mol. The fourth-order valence-electron chi connectivity index (χ4n) is 6.44. The van der Waals surface area contributed by atoms with E-state index in [2.05, 4.69) is 13.8 Å². The Balaban J connectivity index is 1.67. The highest BCUT2D eigenvalue weighted by Crippen LogP contribution is 2.76. The van der Waals surface area contributed by atoms with Crippen LogP contribution in [0.15, 0.2) is 0 Å². The Morgan fingerprint density at radius 2 is 1.85 bits per heavy atom. The molecule has 4 aliphatic carbocycles. The zero-order chi connectivity index (χ0) is 14.4. The molecule has 0 aromatic heterocycles. The van der Waals surface area contributed by atoms with Gasteiger partial charge in [0.25, 0.3) is 0 Å². The van der Waals surface area contributed by atoms with Crippen LogP contribution in [0.5, 0.6) is 0 Å². The summed E-state index contributed by atoms with van der Waals surface area (Å²) in [6.07, 6.45) is 5.74. The number of hydrogen-bond donors (Lipinski definition) is 2. The first-order valence-corrected chi connectivity index (χ1v) is 7.98. The van der Waals surface area contributed by atoms with Gasteiger partial charge in [0, 0.05) is 13.1 Å². The molecular formula is C16H26N2O2. The zero-order valence-corrected chi connectivity index (χ0v) is 12.6. The molecule has 4 nitrogen and oxygen atoms in total. The van der Waals surface area contributed by atoms with Crippen LogP contribution in [0.3, 0.4) is 0 Å². The number of carbonyl (C=O) groups is 1. The minimum atomic E-state index is -0.590. The van der Waals surface area contributed by atoms with Crippen molar-refractivity contribution in [2.75, 3.05) is 13.1 Å². The first-order valence-electron chi connectivity index (χ1n) is 7.98. The highest BCUT2D eigenvalue weighted by atomic mass is 16.3. The maximum atomic E-state index is 12.6. The fraction of sp³-hybridized carbons (Fsp3) is 0.938. The Kier molecular flexibility index (Phi) is 2.23. The Morgan fingerprint density at radius 3 is 2.35 bits per heavy atom. The first-order chi connectivity index (χ1) is 9.21. The molecule has 0 aromatic rings. The molecule has 20 heavy (non-hydrogen) atoms. The van der Waals surface area contributed by atoms with Gasteiger partial charge in [0.1, 0.15) is 0 Å². The van der Waals surface area contributed by atoms with Gasteiger partial charge in [-0.15, -0.1) is 0 Å². The molecule has 0 radical (unpaired) electrons. The normalized spacial score (nSPS) is 54.1. The van der Waals surface area contributed by atoms with Gasteiger partial charge in [0.05, 0.1) is 11.6 Å². The number of nitrogens with two attached hydrogens (primary N) is 1. The number of hydrogen-bond acceptors (Lipinski definition) is 3. The zero-order valence-electron chi connectivity index (χ0n) is 12.6. The Bertz CT molecular complexity index is 467. The molecule has 0 aromatic carbocycles. The highest BCUT2D eigenvalue weighted by molar-refractivity contribution is 5.83. The molecule has 112 valence electrons. The van der Waals surface area contributed by atoms with E-state index >= 15 is 0 Å². The standard InChI is InChI=1S/C16H26N2O2/c1-13-6-14(2)9-15(7-13,10-16(14,20)8-13)11(17)12(19)18-4-3-5-18/h11,20H,3-10,17H2,1-2H3/t11-,13?,14?,15?,16?/m1/s1. The van der Waals surface area contributed by atoms with Crippen LogP contribution < -0.4 is 5.73 Å². The fourth-order valence-corrected chi connectivity index (χ4v) is 6.44. The summed E-state index contributed by atoms with van der Waals surface area (Å²) >= 11 is 0. The number of carbonyl (C=O) groups excluding carboxylic acids is 1. The van der Waals surface area contributed by atoms with Crippen molar-refractivity contribution < 1.29 is 9.90 Å². The largest absolute Gasteiger partial charge is 0.389 e. The second-order valence-electron chi connectivity index (χ2n) is 8.81. The molecule has 1 saturated heterocycles. The van der Waals surface area contributed by atoms with Crippen molar-refractivity contribution in [3.8, 4) is 0 Å². The molecule has 4 heteroatoms. The van der Waals surface area contributed by atoms with Crippen molar-refractivity contribution in [3.63, 3.8) is 0 Å². The summed E-state index contributed by atoms with van der Waals surface area (Å²) in [5, 5.41) is 11.1. The number of aliphatic hydroxyl groups is 1. The predicted molar refractivity (Wildman–Crippen MR) is 75.9 cm³/mol. The van der Waals surface area contributed by atoms with E-state index in [1.165, 1.54) is 0 Å². The van der Waals surface area contributed by atoms with E-state index in [1.807, 2.05) is 4.90 Å².